The zero-order chi connectivity index (χ0) is 13.5. The molecule has 0 spiro atoms. The van der Waals surface area contributed by atoms with Gasteiger partial charge in [0, 0.05) is 0 Å². The maximum atomic E-state index is 4.81. The molecule has 0 radical (unpaired) electrons. The standard InChI is InChI=1S/C9H14P.C5H5.2ClH.Fe.Pd/c1-2-3-8-10-9-6-4-5-7-9;1-2-4-5-3-1;;;;/h4-7,10H,2-3,8H2,1H3;1-5H;2*1H;;/q2*-1;;;2*+2/p-2. The third-order valence-electron chi connectivity index (χ3n) is 2.08. The van der Waals surface area contributed by atoms with Crippen molar-refractivity contribution >= 4 is 32.9 Å². The molecule has 0 N–H and O–H groups in total. The quantitative estimate of drug-likeness (QED) is 0.257. The van der Waals surface area contributed by atoms with E-state index in [0.717, 1.165) is 8.58 Å². The minimum Gasteiger partial charge on any atom is -0.214 e. The minimum atomic E-state index is -0.106. The molecular weight excluding hydrogens is 432 g/mol. The number of halogens is 2. The molecule has 0 amide bonds. The third-order valence-corrected chi connectivity index (χ3v) is 3.42. The van der Waals surface area contributed by atoms with Crippen LogP contribution in [0.3, 0.4) is 0 Å². The first-order chi connectivity index (χ1) is 8.85. The molecule has 19 heavy (non-hydrogen) atoms. The molecule has 2 rings (SSSR count). The van der Waals surface area contributed by atoms with Crippen LogP contribution in [0.1, 0.15) is 19.8 Å². The van der Waals surface area contributed by atoms with E-state index in [2.05, 4.69) is 31.2 Å². The SMILES string of the molecule is CCCCPc1ccc[cH-]1.[Cl][Pd][Cl].[Fe+2].c1cc[cH-]c1. The van der Waals surface area contributed by atoms with Crippen LogP contribution in [0.25, 0.3) is 0 Å². The largest absolute Gasteiger partial charge is 2.00 e. The molecule has 1 atom stereocenters. The zero-order valence-corrected chi connectivity index (χ0v) is 15.9. The Hall–Kier alpha value is 0.892. The maximum absolute atomic E-state index is 4.81. The molecule has 0 aliphatic heterocycles. The van der Waals surface area contributed by atoms with Crippen molar-refractivity contribution in [3.63, 3.8) is 0 Å². The van der Waals surface area contributed by atoms with Gasteiger partial charge in [0.2, 0.25) is 0 Å². The van der Waals surface area contributed by atoms with Gasteiger partial charge in [0.15, 0.2) is 0 Å². The predicted octanol–water partition coefficient (Wildman–Crippen LogP) is 5.29. The first-order valence-corrected chi connectivity index (χ1v) is 11.0. The van der Waals surface area contributed by atoms with Gasteiger partial charge in [-0.1, -0.05) is 13.3 Å². The average molecular weight is 451 g/mol. The summed E-state index contributed by atoms with van der Waals surface area (Å²) in [4.78, 5) is 0. The van der Waals surface area contributed by atoms with Gasteiger partial charge in [-0.15, -0.1) is 13.9 Å². The molecule has 5 heteroatoms. The summed E-state index contributed by atoms with van der Waals surface area (Å²) in [7, 11) is 10.7. The Morgan fingerprint density at radius 2 is 1.79 bits per heavy atom. The van der Waals surface area contributed by atoms with Gasteiger partial charge in [0.1, 0.15) is 0 Å². The number of hydrogen-bond acceptors (Lipinski definition) is 0. The molecule has 2 aromatic rings. The molecule has 0 nitrogen and oxygen atoms in total. The van der Waals surface area contributed by atoms with Crippen LogP contribution in [0.5, 0.6) is 0 Å². The zero-order valence-electron chi connectivity index (χ0n) is 10.7. The third kappa shape index (κ3) is 16.8. The van der Waals surface area contributed by atoms with Gasteiger partial charge in [0.25, 0.3) is 0 Å². The summed E-state index contributed by atoms with van der Waals surface area (Å²) in [6, 6.07) is 18.7. The van der Waals surface area contributed by atoms with Crippen LogP contribution in [-0.4, -0.2) is 6.16 Å². The van der Waals surface area contributed by atoms with E-state index in [1.807, 2.05) is 30.3 Å². The second-order valence-electron chi connectivity index (χ2n) is 3.46. The van der Waals surface area contributed by atoms with E-state index in [-0.39, 0.29) is 33.0 Å². The summed E-state index contributed by atoms with van der Waals surface area (Å²) in [5.41, 5.74) is 0. The normalized spacial score (nSPS) is 9.21. The monoisotopic (exact) mass is 450 g/mol. The van der Waals surface area contributed by atoms with Crippen molar-refractivity contribution in [3.8, 4) is 0 Å². The second kappa shape index (κ2) is 18.9. The van der Waals surface area contributed by atoms with Gasteiger partial charge in [-0.3, -0.25) is 0 Å². The topological polar surface area (TPSA) is 0 Å². The van der Waals surface area contributed by atoms with E-state index in [1.54, 1.807) is 0 Å². The Bertz CT molecular complexity index is 308. The second-order valence-corrected chi connectivity index (χ2v) is 7.25. The summed E-state index contributed by atoms with van der Waals surface area (Å²) in [6.45, 7) is 2.25. The average Bonchev–Trinajstić information content (AvgIpc) is 3.07. The van der Waals surface area contributed by atoms with Crippen molar-refractivity contribution in [2.45, 2.75) is 19.8 Å². The van der Waals surface area contributed by atoms with Crippen LogP contribution in [-0.2, 0) is 33.0 Å². The predicted molar refractivity (Wildman–Crippen MR) is 83.5 cm³/mol. The Labute approximate surface area is 145 Å². The first-order valence-electron chi connectivity index (χ1n) is 5.79. The van der Waals surface area contributed by atoms with E-state index < -0.39 is 0 Å². The summed E-state index contributed by atoms with van der Waals surface area (Å²) in [6.07, 6.45) is 4.08. The van der Waals surface area contributed by atoms with E-state index in [0.29, 0.717) is 0 Å². The fourth-order valence-corrected chi connectivity index (χ4v) is 2.47. The summed E-state index contributed by atoms with van der Waals surface area (Å²) >= 11 is -0.106. The van der Waals surface area contributed by atoms with E-state index in [1.165, 1.54) is 24.3 Å². The van der Waals surface area contributed by atoms with Crippen LogP contribution < -0.4 is 5.30 Å². The molecule has 0 saturated carbocycles. The molecule has 1 unspecified atom stereocenters. The molecule has 0 aliphatic rings. The van der Waals surface area contributed by atoms with Crippen LogP contribution in [0.4, 0.5) is 0 Å². The molecule has 0 saturated heterocycles. The van der Waals surface area contributed by atoms with Gasteiger partial charge in [-0.05, 0) is 12.6 Å². The Morgan fingerprint density at radius 3 is 2.16 bits per heavy atom. The van der Waals surface area contributed by atoms with Gasteiger partial charge in [-0.2, -0.15) is 30.3 Å². The van der Waals surface area contributed by atoms with Crippen molar-refractivity contribution in [1.82, 2.24) is 0 Å². The van der Waals surface area contributed by atoms with Crippen LogP contribution >= 0.6 is 27.6 Å². The first kappa shape index (κ1) is 22.2. The minimum absolute atomic E-state index is 0. The summed E-state index contributed by atoms with van der Waals surface area (Å²) in [5.74, 6) is 0. The van der Waals surface area contributed by atoms with Crippen molar-refractivity contribution in [2.75, 3.05) is 6.16 Å². The maximum Gasteiger partial charge on any atom is 2.00 e. The van der Waals surface area contributed by atoms with Crippen molar-refractivity contribution < 1.29 is 33.0 Å². The van der Waals surface area contributed by atoms with Gasteiger partial charge in [-0.25, -0.2) is 24.3 Å². The van der Waals surface area contributed by atoms with Crippen LogP contribution in [0, 0.1) is 0 Å². The van der Waals surface area contributed by atoms with E-state index in [9.17, 15) is 0 Å². The molecule has 0 aromatic heterocycles. The number of hydrogen-bond donors (Lipinski definition) is 0. The molecule has 2 aromatic carbocycles. The summed E-state index contributed by atoms with van der Waals surface area (Å²) < 4.78 is 0. The molecule has 0 fully saturated rings. The van der Waals surface area contributed by atoms with Gasteiger partial charge < -0.3 is 0 Å². The molecular formula is C14H19Cl2FePPd. The van der Waals surface area contributed by atoms with E-state index >= 15 is 0 Å². The van der Waals surface area contributed by atoms with Crippen LogP contribution in [0.2, 0.25) is 0 Å². The van der Waals surface area contributed by atoms with Crippen molar-refractivity contribution in [1.29, 1.82) is 0 Å². The molecule has 0 aliphatic carbocycles. The number of unbranched alkanes of at least 4 members (excludes halogenated alkanes) is 1. The smallest absolute Gasteiger partial charge is 0.214 e. The Kier molecular flexibility index (Phi) is 22.1. The molecule has 0 heterocycles. The fraction of sp³-hybridized carbons (Fsp3) is 0.286. The van der Waals surface area contributed by atoms with Gasteiger partial charge >= 0.3 is 52.1 Å². The Morgan fingerprint density at radius 1 is 1.16 bits per heavy atom. The van der Waals surface area contributed by atoms with Crippen molar-refractivity contribution in [3.05, 3.63) is 54.6 Å². The molecule has 112 valence electrons. The fourth-order valence-electron chi connectivity index (χ4n) is 1.22. The van der Waals surface area contributed by atoms with E-state index in [4.69, 9.17) is 19.1 Å². The number of rotatable bonds is 4. The van der Waals surface area contributed by atoms with Crippen LogP contribution in [0.15, 0.2) is 54.6 Å². The van der Waals surface area contributed by atoms with Gasteiger partial charge in [0.05, 0.1) is 0 Å². The Balaban J connectivity index is 0. The van der Waals surface area contributed by atoms with Crippen molar-refractivity contribution in [2.24, 2.45) is 0 Å². The molecule has 0 bridgehead atoms. The summed E-state index contributed by atoms with van der Waals surface area (Å²) in [5, 5.41) is 1.52.